The average Bonchev–Trinajstić information content (AvgIpc) is 2.15. The van der Waals surface area contributed by atoms with Gasteiger partial charge in [0, 0.05) is 10.9 Å². The first-order chi connectivity index (χ1) is 4.29. The van der Waals surface area contributed by atoms with Crippen LogP contribution in [0.3, 0.4) is 0 Å². The van der Waals surface area contributed by atoms with Gasteiger partial charge in [-0.3, -0.25) is 4.79 Å². The van der Waals surface area contributed by atoms with Crippen molar-refractivity contribution in [3.8, 4) is 0 Å². The van der Waals surface area contributed by atoms with Crippen LogP contribution in [-0.2, 0) is 11.2 Å². The number of carboxylic acids is 1. The lowest BCUT2D eigenvalue weighted by molar-refractivity contribution is -0.136. The van der Waals surface area contributed by atoms with Crippen molar-refractivity contribution in [3.05, 3.63) is 22.4 Å². The lowest BCUT2D eigenvalue weighted by Gasteiger charge is -1.84. The highest BCUT2D eigenvalue weighted by molar-refractivity contribution is 7.08. The van der Waals surface area contributed by atoms with Crippen LogP contribution in [0.2, 0.25) is 0 Å². The molecule has 1 aromatic rings. The van der Waals surface area contributed by atoms with Gasteiger partial charge in [-0.15, -0.1) is 0 Å². The second kappa shape index (κ2) is 2.51. The second-order valence-electron chi connectivity index (χ2n) is 1.53. The molecule has 0 unspecified atom stereocenters. The molecule has 0 radical (unpaired) electrons. The monoisotopic (exact) mass is 140 g/mol. The van der Waals surface area contributed by atoms with E-state index < -0.39 is 5.97 Å². The highest BCUT2D eigenvalue weighted by Crippen LogP contribution is 2.03. The Kier molecular flexibility index (Phi) is 1.71. The van der Waals surface area contributed by atoms with Gasteiger partial charge in [-0.05, 0) is 5.38 Å². The van der Waals surface area contributed by atoms with Crippen molar-refractivity contribution >= 4 is 17.3 Å². The molecular weight excluding hydrogens is 136 g/mol. The van der Waals surface area contributed by atoms with Crippen LogP contribution in [0.1, 0.15) is 4.88 Å². The van der Waals surface area contributed by atoms with Crippen molar-refractivity contribution < 1.29 is 9.90 Å². The van der Waals surface area contributed by atoms with Gasteiger partial charge in [0.2, 0.25) is 0 Å². The Bertz CT molecular complexity index is 191. The summed E-state index contributed by atoms with van der Waals surface area (Å²) in [6, 6.07) is 4.30. The number of carbonyl (C=O) groups is 1. The Balaban J connectivity index is 2.58. The van der Waals surface area contributed by atoms with E-state index in [0.717, 1.165) is 4.88 Å². The molecule has 0 spiro atoms. The molecule has 0 atom stereocenters. The van der Waals surface area contributed by atoms with Crippen molar-refractivity contribution in [2.24, 2.45) is 0 Å². The molecule has 46 valence electrons. The van der Waals surface area contributed by atoms with Gasteiger partial charge < -0.3 is 5.11 Å². The zero-order valence-electron chi connectivity index (χ0n) is 4.55. The van der Waals surface area contributed by atoms with E-state index in [0.29, 0.717) is 0 Å². The van der Waals surface area contributed by atoms with Crippen molar-refractivity contribution in [1.29, 1.82) is 0 Å². The Morgan fingerprint density at radius 2 is 2.67 bits per heavy atom. The topological polar surface area (TPSA) is 37.3 Å². The number of aliphatic carboxylic acids is 1. The van der Waals surface area contributed by atoms with Crippen molar-refractivity contribution in [2.45, 2.75) is 6.42 Å². The van der Waals surface area contributed by atoms with Crippen LogP contribution >= 0.6 is 11.3 Å². The van der Waals surface area contributed by atoms with E-state index in [-0.39, 0.29) is 6.42 Å². The first-order valence-electron chi connectivity index (χ1n) is 2.37. The Hall–Kier alpha value is -1.01. The van der Waals surface area contributed by atoms with Crippen LogP contribution in [0.15, 0.2) is 6.07 Å². The van der Waals surface area contributed by atoms with E-state index >= 15 is 0 Å². The molecule has 0 bridgehead atoms. The molecule has 9 heavy (non-hydrogen) atoms. The Morgan fingerprint density at radius 3 is 3.11 bits per heavy atom. The normalized spacial score (nSPS) is 8.44. The summed E-state index contributed by atoms with van der Waals surface area (Å²) in [5.74, 6) is -0.806. The summed E-state index contributed by atoms with van der Waals surface area (Å²) in [6.07, 6.45) is 0.0880. The van der Waals surface area contributed by atoms with Gasteiger partial charge in [0.05, 0.1) is 6.42 Å². The highest BCUT2D eigenvalue weighted by Gasteiger charge is 1.98. The first kappa shape index (κ1) is 6.12. The third-order valence-corrected chi connectivity index (χ3v) is 1.54. The third-order valence-electron chi connectivity index (χ3n) is 0.800. The van der Waals surface area contributed by atoms with E-state index in [9.17, 15) is 4.79 Å². The Labute approximate surface area is 56.8 Å². The summed E-state index contributed by atoms with van der Waals surface area (Å²) >= 11 is 1.29. The van der Waals surface area contributed by atoms with Gasteiger partial charge >= 0.3 is 5.97 Å². The van der Waals surface area contributed by atoms with Crippen LogP contribution < -0.4 is 0 Å². The minimum atomic E-state index is -0.806. The molecule has 1 rings (SSSR count). The molecule has 1 heterocycles. The lowest BCUT2D eigenvalue weighted by atomic mass is 10.4. The maximum atomic E-state index is 10.0. The molecule has 0 fully saturated rings. The molecule has 0 aliphatic rings. The molecule has 0 amide bonds. The summed E-state index contributed by atoms with van der Waals surface area (Å²) in [5, 5.41) is 11.0. The summed E-state index contributed by atoms with van der Waals surface area (Å²) in [4.78, 5) is 10.8. The molecular formula is C6H4O2S. The quantitative estimate of drug-likeness (QED) is 0.664. The number of rotatable bonds is 2. The number of hydrogen-bond acceptors (Lipinski definition) is 2. The maximum Gasteiger partial charge on any atom is 0.308 e. The average molecular weight is 140 g/mol. The van der Waals surface area contributed by atoms with Gasteiger partial charge in [-0.25, -0.2) is 0 Å². The lowest BCUT2D eigenvalue weighted by Crippen LogP contribution is -1.96. The SMILES string of the molecule is O=C(O)Cc1cc#cs1. The molecule has 2 nitrogen and oxygen atoms in total. The van der Waals surface area contributed by atoms with Crippen LogP contribution in [0.5, 0.6) is 0 Å². The van der Waals surface area contributed by atoms with E-state index in [4.69, 9.17) is 5.11 Å². The third kappa shape index (κ3) is 1.74. The Morgan fingerprint density at radius 1 is 1.89 bits per heavy atom. The van der Waals surface area contributed by atoms with Crippen LogP contribution in [0.4, 0.5) is 0 Å². The summed E-state index contributed by atoms with van der Waals surface area (Å²) in [5.41, 5.74) is 0. The molecule has 0 saturated carbocycles. The van der Waals surface area contributed by atoms with E-state index in [1.165, 1.54) is 11.3 Å². The minimum absolute atomic E-state index is 0.0880. The molecule has 3 heteroatoms. The molecule has 0 saturated heterocycles. The van der Waals surface area contributed by atoms with Crippen LogP contribution in [0, 0.1) is 11.4 Å². The zero-order valence-corrected chi connectivity index (χ0v) is 5.36. The fourth-order valence-corrected chi connectivity index (χ4v) is 1.03. The second-order valence-corrected chi connectivity index (χ2v) is 2.46. The van der Waals surface area contributed by atoms with Crippen molar-refractivity contribution in [3.63, 3.8) is 0 Å². The number of carboxylic acid groups (broad SMARTS) is 1. The fourth-order valence-electron chi connectivity index (χ4n) is 0.471. The van der Waals surface area contributed by atoms with Crippen LogP contribution in [-0.4, -0.2) is 11.1 Å². The van der Waals surface area contributed by atoms with Gasteiger partial charge in [-0.1, -0.05) is 17.4 Å². The molecule has 0 aromatic carbocycles. The first-order valence-corrected chi connectivity index (χ1v) is 3.19. The van der Waals surface area contributed by atoms with Crippen molar-refractivity contribution in [2.75, 3.05) is 0 Å². The summed E-state index contributed by atoms with van der Waals surface area (Å²) in [7, 11) is 0. The molecule has 1 N–H and O–H groups in total. The molecule has 0 aliphatic heterocycles. The van der Waals surface area contributed by atoms with Gasteiger partial charge in [0.25, 0.3) is 0 Å². The fraction of sp³-hybridized carbons (Fsp3) is 0.167. The summed E-state index contributed by atoms with van der Waals surface area (Å²) in [6.45, 7) is 0. The van der Waals surface area contributed by atoms with Crippen molar-refractivity contribution in [1.82, 2.24) is 0 Å². The van der Waals surface area contributed by atoms with E-state index in [1.807, 2.05) is 0 Å². The highest BCUT2D eigenvalue weighted by atomic mass is 32.1. The van der Waals surface area contributed by atoms with Gasteiger partial charge in [-0.2, -0.15) is 0 Å². The standard InChI is InChI=1S/C6H4O2S/c7-6(8)4-5-2-1-3-9-5/h2H,4H2,(H,7,8). The van der Waals surface area contributed by atoms with Gasteiger partial charge in [0.1, 0.15) is 0 Å². The maximum absolute atomic E-state index is 10.0. The molecule has 1 aromatic heterocycles. The van der Waals surface area contributed by atoms with Gasteiger partial charge in [0.15, 0.2) is 0 Å². The van der Waals surface area contributed by atoms with E-state index in [2.05, 4.69) is 11.4 Å². The number of hydrogen-bond donors (Lipinski definition) is 1. The van der Waals surface area contributed by atoms with Crippen LogP contribution in [0.25, 0.3) is 0 Å². The molecule has 0 aliphatic carbocycles. The largest absolute Gasteiger partial charge is 0.481 e. The summed E-state index contributed by atoms with van der Waals surface area (Å²) < 4.78 is 0. The predicted octanol–water partition coefficient (Wildman–Crippen LogP) is 0.976. The predicted molar refractivity (Wildman–Crippen MR) is 33.3 cm³/mol. The van der Waals surface area contributed by atoms with E-state index in [1.54, 1.807) is 6.07 Å². The smallest absolute Gasteiger partial charge is 0.308 e. The minimum Gasteiger partial charge on any atom is -0.481 e. The zero-order chi connectivity index (χ0) is 6.69.